The van der Waals surface area contributed by atoms with Crippen molar-refractivity contribution in [3.63, 3.8) is 0 Å². The van der Waals surface area contributed by atoms with Crippen LogP contribution in [0.25, 0.3) is 21.5 Å². The molecule has 1 amide bonds. The molecule has 132 valence electrons. The first-order chi connectivity index (χ1) is 12.5. The lowest BCUT2D eigenvalue weighted by Gasteiger charge is -2.13. The van der Waals surface area contributed by atoms with E-state index in [1.807, 2.05) is 35.7 Å². The average Bonchev–Trinajstić information content (AvgIpc) is 3.29. The molecule has 0 spiro atoms. The zero-order valence-corrected chi connectivity index (χ0v) is 17.4. The minimum absolute atomic E-state index is 0.126. The molecule has 3 aromatic heterocycles. The fourth-order valence-electron chi connectivity index (χ4n) is 2.92. The van der Waals surface area contributed by atoms with E-state index in [9.17, 15) is 4.79 Å². The summed E-state index contributed by atoms with van der Waals surface area (Å²) in [5.74, 6) is -0.126. The molecular formula is C19H16BrN3OS2. The number of amides is 1. The average molecular weight is 446 g/mol. The molecule has 1 aromatic carbocycles. The Morgan fingerprint density at radius 1 is 1.19 bits per heavy atom. The number of hydrogen-bond donors (Lipinski definition) is 1. The van der Waals surface area contributed by atoms with Gasteiger partial charge in [0.1, 0.15) is 5.69 Å². The van der Waals surface area contributed by atoms with E-state index in [0.29, 0.717) is 10.8 Å². The summed E-state index contributed by atoms with van der Waals surface area (Å²) < 4.78 is 4.22. The number of aromatic nitrogens is 2. The second kappa shape index (κ2) is 6.98. The van der Waals surface area contributed by atoms with Gasteiger partial charge < -0.3 is 4.57 Å². The third-order valence-corrected chi connectivity index (χ3v) is 6.21. The van der Waals surface area contributed by atoms with Gasteiger partial charge in [0.15, 0.2) is 5.13 Å². The van der Waals surface area contributed by atoms with E-state index in [-0.39, 0.29) is 11.9 Å². The Bertz CT molecular complexity index is 1080. The second-order valence-electron chi connectivity index (χ2n) is 6.16. The van der Waals surface area contributed by atoms with Gasteiger partial charge in [0.05, 0.1) is 15.9 Å². The Kier molecular flexibility index (Phi) is 4.69. The molecule has 7 heteroatoms. The highest BCUT2D eigenvalue weighted by Gasteiger charge is 2.19. The van der Waals surface area contributed by atoms with Gasteiger partial charge in [-0.05, 0) is 43.5 Å². The molecule has 0 atom stereocenters. The Balaban J connectivity index is 1.60. The van der Waals surface area contributed by atoms with Gasteiger partial charge in [-0.2, -0.15) is 0 Å². The highest BCUT2D eigenvalue weighted by atomic mass is 79.9. The van der Waals surface area contributed by atoms with Crippen LogP contribution in [0.4, 0.5) is 5.13 Å². The highest BCUT2D eigenvalue weighted by molar-refractivity contribution is 9.10. The van der Waals surface area contributed by atoms with Crippen LogP contribution in [0.2, 0.25) is 0 Å². The first-order valence-corrected chi connectivity index (χ1v) is 10.7. The Morgan fingerprint density at radius 3 is 2.69 bits per heavy atom. The van der Waals surface area contributed by atoms with Crippen LogP contribution in [0.3, 0.4) is 0 Å². The number of benzene rings is 1. The minimum atomic E-state index is -0.126. The number of fused-ring (bicyclic) bond motifs is 1. The van der Waals surface area contributed by atoms with Gasteiger partial charge in [0.2, 0.25) is 0 Å². The third-order valence-electron chi connectivity index (χ3n) is 4.07. The fraction of sp³-hybridized carbons (Fsp3) is 0.158. The molecule has 0 bridgehead atoms. The van der Waals surface area contributed by atoms with Gasteiger partial charge in [-0.15, -0.1) is 22.7 Å². The van der Waals surface area contributed by atoms with Crippen molar-refractivity contribution < 1.29 is 4.79 Å². The summed E-state index contributed by atoms with van der Waals surface area (Å²) >= 11 is 6.52. The number of halogens is 1. The zero-order valence-electron chi connectivity index (χ0n) is 14.2. The van der Waals surface area contributed by atoms with E-state index in [1.54, 1.807) is 11.3 Å². The number of anilines is 1. The molecule has 4 rings (SSSR count). The largest absolute Gasteiger partial charge is 0.333 e. The summed E-state index contributed by atoms with van der Waals surface area (Å²) in [6.45, 7) is 4.17. The SMILES string of the molecule is CC(C)n1c(C(=O)Nc2nc(-c3ccc(Br)cc3)cs2)cc2sccc21. The molecule has 3 heterocycles. The summed E-state index contributed by atoms with van der Waals surface area (Å²) in [4.78, 5) is 17.4. The molecular weight excluding hydrogens is 430 g/mol. The molecule has 4 nitrogen and oxygen atoms in total. The molecule has 0 unspecified atom stereocenters. The second-order valence-corrected chi connectivity index (χ2v) is 8.88. The number of nitrogens with zero attached hydrogens (tertiary/aromatic N) is 2. The van der Waals surface area contributed by atoms with E-state index in [0.717, 1.165) is 25.9 Å². The van der Waals surface area contributed by atoms with E-state index < -0.39 is 0 Å². The fourth-order valence-corrected chi connectivity index (χ4v) is 4.71. The van der Waals surface area contributed by atoms with Gasteiger partial charge in [0, 0.05) is 21.5 Å². The maximum Gasteiger partial charge on any atom is 0.274 e. The van der Waals surface area contributed by atoms with Crippen molar-refractivity contribution in [2.24, 2.45) is 0 Å². The van der Waals surface area contributed by atoms with E-state index in [4.69, 9.17) is 0 Å². The third kappa shape index (κ3) is 3.22. The van der Waals surface area contributed by atoms with Crippen LogP contribution in [0.5, 0.6) is 0 Å². The lowest BCUT2D eigenvalue weighted by atomic mass is 10.2. The number of thiazole rings is 1. The summed E-state index contributed by atoms with van der Waals surface area (Å²) in [6.07, 6.45) is 0. The molecule has 26 heavy (non-hydrogen) atoms. The van der Waals surface area contributed by atoms with E-state index in [1.165, 1.54) is 11.3 Å². The van der Waals surface area contributed by atoms with Crippen molar-refractivity contribution in [1.82, 2.24) is 9.55 Å². The number of nitrogens with one attached hydrogen (secondary N) is 1. The molecule has 0 radical (unpaired) electrons. The number of thiophene rings is 1. The summed E-state index contributed by atoms with van der Waals surface area (Å²) in [6, 6.07) is 12.2. The van der Waals surface area contributed by atoms with Crippen LogP contribution in [0.1, 0.15) is 30.4 Å². The number of rotatable bonds is 4. The van der Waals surface area contributed by atoms with Crippen LogP contribution in [-0.2, 0) is 0 Å². The van der Waals surface area contributed by atoms with Crippen molar-refractivity contribution in [2.45, 2.75) is 19.9 Å². The Hall–Kier alpha value is -1.96. The van der Waals surface area contributed by atoms with Crippen LogP contribution < -0.4 is 5.32 Å². The number of hydrogen-bond acceptors (Lipinski definition) is 4. The van der Waals surface area contributed by atoms with Gasteiger partial charge in [-0.3, -0.25) is 10.1 Å². The molecule has 0 aliphatic carbocycles. The number of carbonyl (C=O) groups is 1. The predicted octanol–water partition coefficient (Wildman–Crippen LogP) is 6.42. The minimum Gasteiger partial charge on any atom is -0.333 e. The summed E-state index contributed by atoms with van der Waals surface area (Å²) in [5, 5.41) is 7.56. The lowest BCUT2D eigenvalue weighted by molar-refractivity contribution is 0.101. The van der Waals surface area contributed by atoms with E-state index in [2.05, 4.69) is 56.1 Å². The van der Waals surface area contributed by atoms with Crippen molar-refractivity contribution in [3.05, 3.63) is 57.3 Å². The maximum atomic E-state index is 12.8. The van der Waals surface area contributed by atoms with Gasteiger partial charge in [-0.25, -0.2) is 4.98 Å². The quantitative estimate of drug-likeness (QED) is 0.393. The van der Waals surface area contributed by atoms with Gasteiger partial charge in [-0.1, -0.05) is 28.1 Å². The predicted molar refractivity (Wildman–Crippen MR) is 113 cm³/mol. The molecule has 0 fully saturated rings. The first kappa shape index (κ1) is 17.5. The molecule has 0 saturated carbocycles. The molecule has 0 aliphatic heterocycles. The smallest absolute Gasteiger partial charge is 0.274 e. The molecule has 4 aromatic rings. The van der Waals surface area contributed by atoms with Crippen LogP contribution in [0, 0.1) is 0 Å². The van der Waals surface area contributed by atoms with Crippen molar-refractivity contribution in [1.29, 1.82) is 0 Å². The molecule has 0 saturated heterocycles. The van der Waals surface area contributed by atoms with E-state index >= 15 is 0 Å². The first-order valence-electron chi connectivity index (χ1n) is 8.14. The lowest BCUT2D eigenvalue weighted by Crippen LogP contribution is -2.18. The summed E-state index contributed by atoms with van der Waals surface area (Å²) in [7, 11) is 0. The molecule has 1 N–H and O–H groups in total. The monoisotopic (exact) mass is 445 g/mol. The Morgan fingerprint density at radius 2 is 1.96 bits per heavy atom. The Labute approximate surface area is 167 Å². The van der Waals surface area contributed by atoms with Crippen LogP contribution in [-0.4, -0.2) is 15.5 Å². The van der Waals surface area contributed by atoms with Crippen LogP contribution in [0.15, 0.2) is 51.6 Å². The topological polar surface area (TPSA) is 46.9 Å². The van der Waals surface area contributed by atoms with Crippen molar-refractivity contribution >= 4 is 59.9 Å². The molecule has 0 aliphatic rings. The van der Waals surface area contributed by atoms with Gasteiger partial charge in [0.25, 0.3) is 5.91 Å². The normalized spacial score (nSPS) is 11.4. The van der Waals surface area contributed by atoms with Crippen molar-refractivity contribution in [3.8, 4) is 11.3 Å². The highest BCUT2D eigenvalue weighted by Crippen LogP contribution is 2.30. The summed E-state index contributed by atoms with van der Waals surface area (Å²) in [5.41, 5.74) is 3.65. The number of carbonyl (C=O) groups excluding carboxylic acids is 1. The maximum absolute atomic E-state index is 12.8. The zero-order chi connectivity index (χ0) is 18.3. The van der Waals surface area contributed by atoms with Gasteiger partial charge >= 0.3 is 0 Å². The standard InChI is InChI=1S/C19H16BrN3OS2/c1-11(2)23-15-7-8-25-17(15)9-16(23)18(24)22-19-21-14(10-26-19)12-3-5-13(20)6-4-12/h3-11H,1-2H3,(H,21,22,24). The van der Waals surface area contributed by atoms with Crippen molar-refractivity contribution in [2.75, 3.05) is 5.32 Å². The van der Waals surface area contributed by atoms with Crippen LogP contribution >= 0.6 is 38.6 Å².